The number of aromatic nitrogens is 1. The van der Waals surface area contributed by atoms with Crippen LogP contribution >= 0.6 is 0 Å². The van der Waals surface area contributed by atoms with Crippen LogP contribution in [-0.4, -0.2) is 40.2 Å². The molecule has 0 saturated carbocycles. The maximum Gasteiger partial charge on any atom is 0.322 e. The first-order chi connectivity index (χ1) is 12.1. The highest BCUT2D eigenvalue weighted by Crippen LogP contribution is 2.32. The van der Waals surface area contributed by atoms with Crippen molar-refractivity contribution in [3.8, 4) is 0 Å². The van der Waals surface area contributed by atoms with Gasteiger partial charge in [-0.05, 0) is 37.6 Å². The average Bonchev–Trinajstić information content (AvgIpc) is 3.05. The summed E-state index contributed by atoms with van der Waals surface area (Å²) in [6.45, 7) is 5.64. The van der Waals surface area contributed by atoms with Gasteiger partial charge in [-0.1, -0.05) is 18.2 Å². The van der Waals surface area contributed by atoms with E-state index in [1.54, 1.807) is 11.1 Å². The van der Waals surface area contributed by atoms with Crippen molar-refractivity contribution in [3.63, 3.8) is 0 Å². The third-order valence-corrected chi connectivity index (χ3v) is 4.42. The fourth-order valence-corrected chi connectivity index (χ4v) is 3.13. The number of carbonyl (C=O) groups excluding carboxylic acids is 1. The number of fused-ring (bicyclic) bond motifs is 1. The van der Waals surface area contributed by atoms with Crippen molar-refractivity contribution in [2.24, 2.45) is 0 Å². The fourth-order valence-electron chi connectivity index (χ4n) is 3.13. The van der Waals surface area contributed by atoms with E-state index in [0.717, 1.165) is 23.6 Å². The van der Waals surface area contributed by atoms with Crippen LogP contribution in [0, 0.1) is 0 Å². The van der Waals surface area contributed by atoms with Gasteiger partial charge in [-0.25, -0.2) is 9.78 Å². The van der Waals surface area contributed by atoms with E-state index >= 15 is 0 Å². The lowest BCUT2D eigenvalue weighted by Gasteiger charge is -2.26. The molecule has 132 valence electrons. The molecule has 2 heterocycles. The number of amides is 2. The molecule has 0 saturated heterocycles. The Morgan fingerprint density at radius 3 is 2.80 bits per heavy atom. The lowest BCUT2D eigenvalue weighted by atomic mass is 10.1. The fraction of sp³-hybridized carbons (Fsp3) is 0.368. The molecule has 1 aromatic heterocycles. The van der Waals surface area contributed by atoms with Gasteiger partial charge in [-0.2, -0.15) is 0 Å². The molecule has 0 spiro atoms. The molecule has 1 aromatic carbocycles. The number of pyridine rings is 1. The van der Waals surface area contributed by atoms with Gasteiger partial charge in [0.1, 0.15) is 5.82 Å². The lowest BCUT2D eigenvalue weighted by molar-refractivity contribution is 0.172. The minimum atomic E-state index is -0.186. The van der Waals surface area contributed by atoms with E-state index in [1.165, 1.54) is 5.56 Å². The van der Waals surface area contributed by atoms with Crippen molar-refractivity contribution in [1.82, 2.24) is 9.88 Å². The van der Waals surface area contributed by atoms with Gasteiger partial charge in [0.15, 0.2) is 0 Å². The second-order valence-electron chi connectivity index (χ2n) is 6.43. The van der Waals surface area contributed by atoms with Crippen LogP contribution in [0.4, 0.5) is 16.3 Å². The molecule has 6 heteroatoms. The van der Waals surface area contributed by atoms with Gasteiger partial charge in [-0.3, -0.25) is 0 Å². The predicted octanol–water partition coefficient (Wildman–Crippen LogP) is 2.84. The van der Waals surface area contributed by atoms with Crippen LogP contribution in [0.5, 0.6) is 0 Å². The Morgan fingerprint density at radius 1 is 1.28 bits per heavy atom. The van der Waals surface area contributed by atoms with Crippen molar-refractivity contribution in [3.05, 3.63) is 53.7 Å². The standard InChI is InChI=1S/C19H24N4O2/c1-14(2)23(10-11-24)19(25)21-17-7-5-6-15-12-22(13-16(15)17)18-8-3-4-9-20-18/h3-9,14,24H,10-13H2,1-2H3,(H,21,25). The van der Waals surface area contributed by atoms with E-state index in [4.69, 9.17) is 0 Å². The number of hydrogen-bond acceptors (Lipinski definition) is 4. The normalized spacial score (nSPS) is 13.0. The van der Waals surface area contributed by atoms with Gasteiger partial charge in [0.2, 0.25) is 0 Å². The van der Waals surface area contributed by atoms with Crippen LogP contribution in [0.3, 0.4) is 0 Å². The molecule has 0 bridgehead atoms. The number of urea groups is 1. The third kappa shape index (κ3) is 3.74. The number of benzene rings is 1. The largest absolute Gasteiger partial charge is 0.395 e. The summed E-state index contributed by atoms with van der Waals surface area (Å²) in [7, 11) is 0. The number of anilines is 2. The van der Waals surface area contributed by atoms with E-state index in [0.29, 0.717) is 13.1 Å². The number of hydrogen-bond donors (Lipinski definition) is 2. The summed E-state index contributed by atoms with van der Waals surface area (Å²) in [5.74, 6) is 0.931. The van der Waals surface area contributed by atoms with Crippen LogP contribution < -0.4 is 10.2 Å². The second-order valence-corrected chi connectivity index (χ2v) is 6.43. The van der Waals surface area contributed by atoms with E-state index in [-0.39, 0.29) is 18.7 Å². The molecule has 6 nitrogen and oxygen atoms in total. The number of carbonyl (C=O) groups is 1. The summed E-state index contributed by atoms with van der Waals surface area (Å²) in [5, 5.41) is 12.2. The van der Waals surface area contributed by atoms with E-state index in [9.17, 15) is 9.90 Å². The molecule has 2 aromatic rings. The van der Waals surface area contributed by atoms with E-state index < -0.39 is 0 Å². The summed E-state index contributed by atoms with van der Waals surface area (Å²) >= 11 is 0. The number of nitrogens with one attached hydrogen (secondary N) is 1. The molecule has 0 atom stereocenters. The van der Waals surface area contributed by atoms with Gasteiger partial charge < -0.3 is 20.2 Å². The highest BCUT2D eigenvalue weighted by atomic mass is 16.3. The Balaban J connectivity index is 1.78. The maximum atomic E-state index is 12.6. The average molecular weight is 340 g/mol. The van der Waals surface area contributed by atoms with Crippen LogP contribution in [0.2, 0.25) is 0 Å². The number of nitrogens with zero attached hydrogens (tertiary/aromatic N) is 3. The zero-order valence-corrected chi connectivity index (χ0v) is 14.6. The molecule has 0 fully saturated rings. The Bertz CT molecular complexity index is 733. The summed E-state index contributed by atoms with van der Waals surface area (Å²) in [6.07, 6.45) is 1.79. The van der Waals surface area contributed by atoms with Gasteiger partial charge in [-0.15, -0.1) is 0 Å². The topological polar surface area (TPSA) is 68.7 Å². The van der Waals surface area contributed by atoms with Crippen LogP contribution in [0.25, 0.3) is 0 Å². The molecular formula is C19H24N4O2. The van der Waals surface area contributed by atoms with Crippen LogP contribution in [0.15, 0.2) is 42.6 Å². The van der Waals surface area contributed by atoms with E-state index in [1.807, 2.05) is 44.2 Å². The number of aliphatic hydroxyl groups excluding tert-OH is 1. The summed E-state index contributed by atoms with van der Waals surface area (Å²) < 4.78 is 0. The van der Waals surface area contributed by atoms with Crippen molar-refractivity contribution in [2.45, 2.75) is 33.0 Å². The highest BCUT2D eigenvalue weighted by molar-refractivity contribution is 5.91. The van der Waals surface area contributed by atoms with Gasteiger partial charge in [0.25, 0.3) is 0 Å². The Labute approximate surface area is 148 Å². The molecule has 1 aliphatic heterocycles. The van der Waals surface area contributed by atoms with Crippen LogP contribution in [0.1, 0.15) is 25.0 Å². The second kappa shape index (κ2) is 7.53. The van der Waals surface area contributed by atoms with Crippen molar-refractivity contribution in [2.75, 3.05) is 23.4 Å². The first kappa shape index (κ1) is 17.2. The molecule has 0 radical (unpaired) electrons. The van der Waals surface area contributed by atoms with Gasteiger partial charge in [0.05, 0.1) is 6.61 Å². The monoisotopic (exact) mass is 340 g/mol. The van der Waals surface area contributed by atoms with Crippen LogP contribution in [-0.2, 0) is 13.1 Å². The SMILES string of the molecule is CC(C)N(CCO)C(=O)Nc1cccc2c1CN(c1ccccn1)C2. The number of aliphatic hydroxyl groups is 1. The molecule has 3 rings (SSSR count). The highest BCUT2D eigenvalue weighted by Gasteiger charge is 2.24. The third-order valence-electron chi connectivity index (χ3n) is 4.42. The minimum Gasteiger partial charge on any atom is -0.395 e. The Morgan fingerprint density at radius 2 is 2.12 bits per heavy atom. The van der Waals surface area contributed by atoms with Crippen molar-refractivity contribution < 1.29 is 9.90 Å². The predicted molar refractivity (Wildman–Crippen MR) is 98.5 cm³/mol. The van der Waals surface area contributed by atoms with E-state index in [2.05, 4.69) is 21.3 Å². The quantitative estimate of drug-likeness (QED) is 0.878. The molecule has 25 heavy (non-hydrogen) atoms. The molecule has 2 N–H and O–H groups in total. The smallest absolute Gasteiger partial charge is 0.322 e. The van der Waals surface area contributed by atoms with Gasteiger partial charge in [0, 0.05) is 43.1 Å². The Hall–Kier alpha value is -2.60. The summed E-state index contributed by atoms with van der Waals surface area (Å²) in [4.78, 5) is 20.8. The Kier molecular flexibility index (Phi) is 5.19. The zero-order chi connectivity index (χ0) is 17.8. The minimum absolute atomic E-state index is 0.0222. The summed E-state index contributed by atoms with van der Waals surface area (Å²) in [6, 6.07) is 11.7. The first-order valence-electron chi connectivity index (χ1n) is 8.55. The van der Waals surface area contributed by atoms with Gasteiger partial charge >= 0.3 is 6.03 Å². The number of rotatable bonds is 5. The molecule has 0 unspecified atom stereocenters. The molecule has 2 amide bonds. The molecular weight excluding hydrogens is 316 g/mol. The van der Waals surface area contributed by atoms with Crippen molar-refractivity contribution >= 4 is 17.5 Å². The van der Waals surface area contributed by atoms with Crippen molar-refractivity contribution in [1.29, 1.82) is 0 Å². The zero-order valence-electron chi connectivity index (χ0n) is 14.6. The molecule has 1 aliphatic rings. The first-order valence-corrected chi connectivity index (χ1v) is 8.55. The summed E-state index contributed by atoms with van der Waals surface area (Å²) in [5.41, 5.74) is 3.14. The molecule has 0 aliphatic carbocycles. The lowest BCUT2D eigenvalue weighted by Crippen LogP contribution is -2.41. The maximum absolute atomic E-state index is 12.6.